The number of hydrogen-bond acceptors (Lipinski definition) is 7. The second kappa shape index (κ2) is 6.02. The third kappa shape index (κ3) is 3.47. The van der Waals surface area contributed by atoms with Gasteiger partial charge in [0.05, 0.1) is 6.61 Å². The van der Waals surface area contributed by atoms with E-state index < -0.39 is 52.9 Å². The van der Waals surface area contributed by atoms with E-state index >= 15 is 0 Å². The molecule has 2 N–H and O–H groups in total. The molecule has 3 rings (SSSR count). The smallest absolute Gasteiger partial charge is 0.330 e. The van der Waals surface area contributed by atoms with Crippen LogP contribution in [-0.2, 0) is 17.7 Å². The fourth-order valence-corrected chi connectivity index (χ4v) is 9.79. The summed E-state index contributed by atoms with van der Waals surface area (Å²) < 4.78 is 25.0. The molecule has 2 saturated heterocycles. The molecule has 0 amide bonds. The quantitative estimate of drug-likeness (QED) is 0.645. The van der Waals surface area contributed by atoms with Crippen LogP contribution >= 0.6 is 0 Å². The molecule has 0 aromatic carbocycles. The standard InChI is InChI=1S/C13H22N2O7Si2/c1-23(2)19-7-8-11(21-24(3,4)22-23)10(17)12(20-8)15-6-5-9(16)14-13(15)18/h5-6,8,10-12,17H,7H2,1-4H3,(H,14,16,18)/t8-,10-,11-,12?/m1/s1. The molecule has 1 aromatic rings. The molecule has 134 valence electrons. The summed E-state index contributed by atoms with van der Waals surface area (Å²) in [6, 6.07) is 1.20. The van der Waals surface area contributed by atoms with Crippen LogP contribution < -0.4 is 11.2 Å². The van der Waals surface area contributed by atoms with Crippen LogP contribution in [0.3, 0.4) is 0 Å². The maximum Gasteiger partial charge on any atom is 0.330 e. The highest BCUT2D eigenvalue weighted by atomic mass is 28.5. The highest BCUT2D eigenvalue weighted by molar-refractivity contribution is 6.78. The summed E-state index contributed by atoms with van der Waals surface area (Å²) in [5.41, 5.74) is -1.16. The zero-order valence-electron chi connectivity index (χ0n) is 14.0. The van der Waals surface area contributed by atoms with Crippen LogP contribution in [0, 0.1) is 0 Å². The van der Waals surface area contributed by atoms with E-state index in [1.54, 1.807) is 0 Å². The number of H-pyrrole nitrogens is 1. The first kappa shape index (κ1) is 17.7. The van der Waals surface area contributed by atoms with E-state index in [4.69, 9.17) is 17.7 Å². The maximum atomic E-state index is 12.0. The molecule has 1 aromatic heterocycles. The Hall–Kier alpha value is -1.09. The van der Waals surface area contributed by atoms with Crippen molar-refractivity contribution in [3.05, 3.63) is 33.1 Å². The Balaban J connectivity index is 1.91. The van der Waals surface area contributed by atoms with Crippen LogP contribution in [0.15, 0.2) is 21.9 Å². The summed E-state index contributed by atoms with van der Waals surface area (Å²) >= 11 is 0. The van der Waals surface area contributed by atoms with E-state index in [-0.39, 0.29) is 6.61 Å². The molecule has 2 fully saturated rings. The first-order chi connectivity index (χ1) is 11.1. The lowest BCUT2D eigenvalue weighted by Crippen LogP contribution is -2.56. The maximum absolute atomic E-state index is 12.0. The van der Waals surface area contributed by atoms with Gasteiger partial charge in [0, 0.05) is 12.3 Å². The van der Waals surface area contributed by atoms with Gasteiger partial charge in [-0.05, 0) is 26.2 Å². The molecule has 0 aliphatic carbocycles. The second-order valence-electron chi connectivity index (χ2n) is 6.87. The fraction of sp³-hybridized carbons (Fsp3) is 0.692. The lowest BCUT2D eigenvalue weighted by Gasteiger charge is -2.39. The van der Waals surface area contributed by atoms with Gasteiger partial charge in [-0.15, -0.1) is 0 Å². The molecule has 4 atom stereocenters. The number of fused-ring (bicyclic) bond motifs is 1. The van der Waals surface area contributed by atoms with Crippen LogP contribution in [0.1, 0.15) is 6.23 Å². The van der Waals surface area contributed by atoms with Gasteiger partial charge in [0.15, 0.2) is 6.23 Å². The van der Waals surface area contributed by atoms with Crippen LogP contribution in [0.4, 0.5) is 0 Å². The van der Waals surface area contributed by atoms with Crippen LogP contribution in [0.5, 0.6) is 0 Å². The Morgan fingerprint density at radius 2 is 1.96 bits per heavy atom. The SMILES string of the molecule is C[Si]1(C)OC[C@H]2OC(n3ccc(=O)[nH]c3=O)[C@H](O)[C@@H]2O[Si](C)(C)O1. The Labute approximate surface area is 140 Å². The second-order valence-corrected chi connectivity index (χ2v) is 13.8. The molecule has 9 nitrogen and oxygen atoms in total. The van der Waals surface area contributed by atoms with Crippen molar-refractivity contribution in [2.45, 2.75) is 50.7 Å². The minimum atomic E-state index is -2.54. The molecule has 3 heterocycles. The third-order valence-electron chi connectivity index (χ3n) is 3.94. The summed E-state index contributed by atoms with van der Waals surface area (Å²) in [5, 5.41) is 10.6. The van der Waals surface area contributed by atoms with Gasteiger partial charge in [0.1, 0.15) is 18.3 Å². The Kier molecular flexibility index (Phi) is 4.44. The minimum Gasteiger partial charge on any atom is -0.415 e. The highest BCUT2D eigenvalue weighted by Crippen LogP contribution is 2.35. The largest absolute Gasteiger partial charge is 0.415 e. The van der Waals surface area contributed by atoms with Crippen molar-refractivity contribution in [1.29, 1.82) is 0 Å². The molecule has 0 radical (unpaired) electrons. The third-order valence-corrected chi connectivity index (χ3v) is 9.58. The lowest BCUT2D eigenvalue weighted by molar-refractivity contribution is -0.0573. The Morgan fingerprint density at radius 1 is 1.25 bits per heavy atom. The number of hydrogen-bond donors (Lipinski definition) is 2. The van der Waals surface area contributed by atoms with Gasteiger partial charge >= 0.3 is 22.8 Å². The van der Waals surface area contributed by atoms with Crippen LogP contribution in [0.25, 0.3) is 0 Å². The van der Waals surface area contributed by atoms with Crippen molar-refractivity contribution < 1.29 is 22.8 Å². The Bertz CT molecular complexity index is 732. The van der Waals surface area contributed by atoms with E-state index in [9.17, 15) is 14.7 Å². The van der Waals surface area contributed by atoms with Crippen molar-refractivity contribution in [2.75, 3.05) is 6.61 Å². The molecule has 0 saturated carbocycles. The van der Waals surface area contributed by atoms with Crippen LogP contribution in [0.2, 0.25) is 26.2 Å². The monoisotopic (exact) mass is 374 g/mol. The van der Waals surface area contributed by atoms with Crippen molar-refractivity contribution in [1.82, 2.24) is 9.55 Å². The Morgan fingerprint density at radius 3 is 2.62 bits per heavy atom. The number of aliphatic hydroxyl groups is 1. The van der Waals surface area contributed by atoms with E-state index in [2.05, 4.69) is 4.98 Å². The normalized spacial score (nSPS) is 35.0. The summed E-state index contributed by atoms with van der Waals surface area (Å²) in [5.74, 6) is 0. The fourth-order valence-electron chi connectivity index (χ4n) is 3.11. The van der Waals surface area contributed by atoms with Gasteiger partial charge < -0.3 is 22.8 Å². The summed E-state index contributed by atoms with van der Waals surface area (Å²) in [6.07, 6.45) is -1.93. The van der Waals surface area contributed by atoms with Crippen molar-refractivity contribution in [2.24, 2.45) is 0 Å². The van der Waals surface area contributed by atoms with Gasteiger partial charge in [-0.2, -0.15) is 0 Å². The predicted octanol–water partition coefficient (Wildman–Crippen LogP) is -0.369. The zero-order valence-corrected chi connectivity index (χ0v) is 16.0. The molecule has 0 spiro atoms. The average Bonchev–Trinajstić information content (AvgIpc) is 2.71. The van der Waals surface area contributed by atoms with Crippen molar-refractivity contribution in [3.8, 4) is 0 Å². The number of aromatic nitrogens is 2. The van der Waals surface area contributed by atoms with Gasteiger partial charge in [-0.1, -0.05) is 0 Å². The molecular weight excluding hydrogens is 352 g/mol. The number of aliphatic hydroxyl groups excluding tert-OH is 1. The predicted molar refractivity (Wildman–Crippen MR) is 88.1 cm³/mol. The molecule has 0 bridgehead atoms. The first-order valence-electron chi connectivity index (χ1n) is 7.75. The zero-order chi connectivity index (χ0) is 17.7. The molecule has 2 aliphatic heterocycles. The van der Waals surface area contributed by atoms with E-state index in [0.717, 1.165) is 4.57 Å². The summed E-state index contributed by atoms with van der Waals surface area (Å²) in [7, 11) is -4.89. The van der Waals surface area contributed by atoms with Gasteiger partial charge in [-0.3, -0.25) is 14.3 Å². The molecule has 1 unspecified atom stereocenters. The van der Waals surface area contributed by atoms with Crippen molar-refractivity contribution >= 4 is 17.1 Å². The topological polar surface area (TPSA) is 112 Å². The molecule has 11 heteroatoms. The summed E-state index contributed by atoms with van der Waals surface area (Å²) in [4.78, 5) is 25.3. The molecular formula is C13H22N2O7Si2. The van der Waals surface area contributed by atoms with Gasteiger partial charge in [0.2, 0.25) is 0 Å². The first-order valence-corrected chi connectivity index (χ1v) is 13.4. The average molecular weight is 374 g/mol. The summed E-state index contributed by atoms with van der Waals surface area (Å²) in [6.45, 7) is 7.85. The number of aromatic amines is 1. The van der Waals surface area contributed by atoms with E-state index in [1.807, 2.05) is 26.2 Å². The van der Waals surface area contributed by atoms with Crippen LogP contribution in [-0.4, -0.2) is 56.7 Å². The molecule has 2 aliphatic rings. The molecule has 24 heavy (non-hydrogen) atoms. The number of nitrogens with zero attached hydrogens (tertiary/aromatic N) is 1. The number of rotatable bonds is 1. The van der Waals surface area contributed by atoms with Gasteiger partial charge in [0.25, 0.3) is 5.56 Å². The number of ether oxygens (including phenoxy) is 1. The van der Waals surface area contributed by atoms with E-state index in [0.29, 0.717) is 0 Å². The lowest BCUT2D eigenvalue weighted by atomic mass is 10.1. The van der Waals surface area contributed by atoms with Gasteiger partial charge in [-0.25, -0.2) is 4.79 Å². The van der Waals surface area contributed by atoms with Crippen molar-refractivity contribution in [3.63, 3.8) is 0 Å². The number of nitrogens with one attached hydrogen (secondary N) is 1. The minimum absolute atomic E-state index is 0.208. The van der Waals surface area contributed by atoms with E-state index in [1.165, 1.54) is 12.3 Å². The highest BCUT2D eigenvalue weighted by Gasteiger charge is 2.52.